The standard InChI is InChI=1S/C26H45NO6S.C8H17NO2.2C2H6.CH4/c1-7-20-8-9-27-12-15(2)13-30-25(27)21(34)14-31-26(29)18(5)24(17(4)10-20)33-22-11-16(3)23(28)19(6)32-22;1-6-4-7(9(2)3)5-8(10)11-6;2*1-2;/h16-25,28,34H,2,7-14H2,1,3-6H3;6-8,10H,4-5H2,1-3H3;2*1-2H3;1H4/t16?,17-,18?,19?,20?,21?,22+,23-,24+,25?;;;;/m1..../s1. The highest BCUT2D eigenvalue weighted by Crippen LogP contribution is 2.34. The van der Waals surface area contributed by atoms with E-state index < -0.39 is 24.6 Å². The Morgan fingerprint density at radius 2 is 1.62 bits per heavy atom. The molecule has 298 valence electrons. The normalized spacial score (nSPS) is 38.7. The zero-order chi connectivity index (χ0) is 37.4. The van der Waals surface area contributed by atoms with Gasteiger partial charge in [-0.2, -0.15) is 12.6 Å². The van der Waals surface area contributed by atoms with Gasteiger partial charge in [0, 0.05) is 32.0 Å². The maximum Gasteiger partial charge on any atom is 0.311 e. The molecule has 0 aromatic heterocycles. The molecule has 4 rings (SSSR count). The summed E-state index contributed by atoms with van der Waals surface area (Å²) >= 11 is 4.74. The average Bonchev–Trinajstić information content (AvgIpc) is 3.07. The molecule has 0 bridgehead atoms. The smallest absolute Gasteiger partial charge is 0.311 e. The van der Waals surface area contributed by atoms with E-state index in [9.17, 15) is 15.0 Å². The lowest BCUT2D eigenvalue weighted by molar-refractivity contribution is -0.260. The van der Waals surface area contributed by atoms with Crippen molar-refractivity contribution in [3.63, 3.8) is 0 Å². The van der Waals surface area contributed by atoms with Crippen molar-refractivity contribution in [2.24, 2.45) is 23.7 Å². The van der Waals surface area contributed by atoms with Gasteiger partial charge in [0.2, 0.25) is 0 Å². The molecule has 4 heterocycles. The van der Waals surface area contributed by atoms with Crippen molar-refractivity contribution in [2.75, 3.05) is 40.4 Å². The van der Waals surface area contributed by atoms with Crippen molar-refractivity contribution < 1.29 is 38.7 Å². The van der Waals surface area contributed by atoms with Crippen LogP contribution in [0.2, 0.25) is 0 Å². The molecule has 4 aliphatic heterocycles. The lowest BCUT2D eigenvalue weighted by atomic mass is 9.83. The molecule has 0 saturated carbocycles. The molecular weight excluding hydrogens is 657 g/mol. The summed E-state index contributed by atoms with van der Waals surface area (Å²) in [6, 6.07) is 0.466. The number of aliphatic hydroxyl groups excluding tert-OH is 2. The second-order valence-corrected chi connectivity index (χ2v) is 14.9. The first-order chi connectivity index (χ1) is 23.2. The van der Waals surface area contributed by atoms with Crippen LogP contribution in [0.5, 0.6) is 0 Å². The lowest BCUT2D eigenvalue weighted by Gasteiger charge is -2.40. The number of thiol groups is 1. The lowest BCUT2D eigenvalue weighted by Crippen LogP contribution is -2.50. The SMILES string of the molecule is C.C=C1COC2C(S)COC(=O)C(C)[C@@H](O[C@H]3CC(C)[C@@H](O)C(C)O3)[C@H](C)CC(CC)CCN2C1.CC.CC.CC1CC(N(C)C)CC(O)O1. The molecule has 10 nitrogen and oxygen atoms in total. The molecule has 0 radical (unpaired) electrons. The molecule has 0 aromatic carbocycles. The molecule has 9 unspecified atom stereocenters. The van der Waals surface area contributed by atoms with E-state index in [1.807, 2.05) is 69.5 Å². The van der Waals surface area contributed by atoms with Gasteiger partial charge in [-0.1, -0.05) is 68.9 Å². The minimum absolute atomic E-state index is 0. The summed E-state index contributed by atoms with van der Waals surface area (Å²) in [6.45, 7) is 26.6. The minimum atomic E-state index is -0.564. The van der Waals surface area contributed by atoms with Crippen LogP contribution in [0.3, 0.4) is 0 Å². The maximum absolute atomic E-state index is 13.1. The number of nitrogens with zero attached hydrogens (tertiary/aromatic N) is 2. The van der Waals surface area contributed by atoms with Gasteiger partial charge < -0.3 is 38.8 Å². The van der Waals surface area contributed by atoms with E-state index in [0.717, 1.165) is 50.8 Å². The Hall–Kier alpha value is -0.760. The monoisotopic (exact) mass is 735 g/mol. The highest BCUT2D eigenvalue weighted by atomic mass is 32.1. The van der Waals surface area contributed by atoms with Crippen LogP contribution in [-0.4, -0.2) is 121 Å². The Morgan fingerprint density at radius 3 is 2.18 bits per heavy atom. The van der Waals surface area contributed by atoms with Crippen LogP contribution in [0, 0.1) is 23.7 Å². The van der Waals surface area contributed by atoms with Crippen molar-refractivity contribution in [3.8, 4) is 0 Å². The van der Waals surface area contributed by atoms with Crippen LogP contribution in [0.1, 0.15) is 115 Å². The molecule has 0 aromatic rings. The van der Waals surface area contributed by atoms with Gasteiger partial charge in [0.1, 0.15) is 12.8 Å². The summed E-state index contributed by atoms with van der Waals surface area (Å²) in [5.74, 6) is -0.0258. The Kier molecular flexibility index (Phi) is 24.9. The molecule has 4 saturated heterocycles. The number of carbonyl (C=O) groups is 1. The molecule has 13 atom stereocenters. The predicted octanol–water partition coefficient (Wildman–Crippen LogP) is 6.77. The summed E-state index contributed by atoms with van der Waals surface area (Å²) in [4.78, 5) is 17.5. The summed E-state index contributed by atoms with van der Waals surface area (Å²) in [6.07, 6.45) is 3.22. The molecule has 0 amide bonds. The van der Waals surface area contributed by atoms with Crippen molar-refractivity contribution in [1.29, 1.82) is 0 Å². The van der Waals surface area contributed by atoms with E-state index in [4.69, 9.17) is 36.3 Å². The maximum atomic E-state index is 13.1. The highest BCUT2D eigenvalue weighted by Gasteiger charge is 2.40. The largest absolute Gasteiger partial charge is 0.464 e. The molecule has 4 aliphatic rings. The minimum Gasteiger partial charge on any atom is -0.464 e. The Labute approximate surface area is 312 Å². The predicted molar refractivity (Wildman–Crippen MR) is 207 cm³/mol. The topological polar surface area (TPSA) is 110 Å². The third kappa shape index (κ3) is 15.7. The van der Waals surface area contributed by atoms with Crippen molar-refractivity contribution in [3.05, 3.63) is 12.2 Å². The van der Waals surface area contributed by atoms with Crippen LogP contribution >= 0.6 is 12.6 Å². The van der Waals surface area contributed by atoms with Gasteiger partial charge in [-0.25, -0.2) is 0 Å². The fourth-order valence-corrected chi connectivity index (χ4v) is 7.46. The summed E-state index contributed by atoms with van der Waals surface area (Å²) in [5.41, 5.74) is 1.06. The Balaban J connectivity index is 0.00000126. The number of fused-ring (bicyclic) bond motifs is 1. The van der Waals surface area contributed by atoms with E-state index >= 15 is 0 Å². The number of hydrogen-bond donors (Lipinski definition) is 3. The van der Waals surface area contributed by atoms with Gasteiger partial charge in [0.25, 0.3) is 0 Å². The van der Waals surface area contributed by atoms with E-state index in [1.54, 1.807) is 0 Å². The molecule has 0 aliphatic carbocycles. The molecule has 4 fully saturated rings. The second-order valence-electron chi connectivity index (χ2n) is 14.2. The van der Waals surface area contributed by atoms with Gasteiger partial charge in [0.05, 0.1) is 42.2 Å². The molecular formula is C39H78N2O8S. The van der Waals surface area contributed by atoms with Gasteiger partial charge >= 0.3 is 5.97 Å². The van der Waals surface area contributed by atoms with Gasteiger partial charge in [-0.15, -0.1) is 0 Å². The van der Waals surface area contributed by atoms with Crippen molar-refractivity contribution in [1.82, 2.24) is 9.80 Å². The first-order valence-corrected chi connectivity index (χ1v) is 19.6. The number of aliphatic hydroxyl groups is 2. The third-order valence-electron chi connectivity index (χ3n) is 10.0. The van der Waals surface area contributed by atoms with Crippen LogP contribution in [-0.2, 0) is 28.5 Å². The summed E-state index contributed by atoms with van der Waals surface area (Å²) < 4.78 is 29.4. The molecule has 11 heteroatoms. The highest BCUT2D eigenvalue weighted by molar-refractivity contribution is 7.81. The van der Waals surface area contributed by atoms with Crippen molar-refractivity contribution >= 4 is 18.6 Å². The number of rotatable bonds is 4. The van der Waals surface area contributed by atoms with E-state index in [-0.39, 0.29) is 61.6 Å². The first-order valence-electron chi connectivity index (χ1n) is 19.1. The third-order valence-corrected chi connectivity index (χ3v) is 10.4. The van der Waals surface area contributed by atoms with Gasteiger partial charge in [-0.05, 0) is 77.5 Å². The molecule has 0 spiro atoms. The van der Waals surface area contributed by atoms with Crippen LogP contribution in [0.4, 0.5) is 0 Å². The van der Waals surface area contributed by atoms with Crippen LogP contribution < -0.4 is 0 Å². The number of ether oxygens (including phenoxy) is 5. The molecule has 2 N–H and O–H groups in total. The second kappa shape index (κ2) is 25.3. The zero-order valence-electron chi connectivity index (χ0n) is 33.0. The fourth-order valence-electron chi connectivity index (χ4n) is 7.11. The van der Waals surface area contributed by atoms with E-state index in [1.165, 1.54) is 0 Å². The number of esters is 1. The Bertz CT molecular complexity index is 907. The summed E-state index contributed by atoms with van der Waals surface area (Å²) in [5, 5.41) is 19.3. The van der Waals surface area contributed by atoms with Gasteiger partial charge in [-0.3, -0.25) is 9.69 Å². The van der Waals surface area contributed by atoms with Crippen molar-refractivity contribution in [2.45, 2.75) is 170 Å². The number of cyclic esters (lactones) is 1. The number of hydrogen-bond acceptors (Lipinski definition) is 11. The van der Waals surface area contributed by atoms with Crippen LogP contribution in [0.25, 0.3) is 0 Å². The summed E-state index contributed by atoms with van der Waals surface area (Å²) in [7, 11) is 4.07. The van der Waals surface area contributed by atoms with E-state index in [2.05, 4.69) is 30.2 Å². The molecule has 50 heavy (non-hydrogen) atoms. The van der Waals surface area contributed by atoms with Crippen LogP contribution in [0.15, 0.2) is 12.2 Å². The van der Waals surface area contributed by atoms with Gasteiger partial charge in [0.15, 0.2) is 12.6 Å². The first kappa shape index (κ1) is 49.2. The Morgan fingerprint density at radius 1 is 0.980 bits per heavy atom. The fraction of sp³-hybridized carbons (Fsp3) is 0.923. The zero-order valence-corrected chi connectivity index (χ0v) is 33.9. The quantitative estimate of drug-likeness (QED) is 0.163. The number of carbonyl (C=O) groups excluding carboxylic acids is 1. The average molecular weight is 735 g/mol. The van der Waals surface area contributed by atoms with E-state index in [0.29, 0.717) is 25.0 Å².